The fourth-order valence-corrected chi connectivity index (χ4v) is 6.11. The topological polar surface area (TPSA) is 81.7 Å². The Bertz CT molecular complexity index is 1280. The van der Waals surface area contributed by atoms with Crippen molar-refractivity contribution in [1.29, 1.82) is 0 Å². The van der Waals surface area contributed by atoms with Crippen LogP contribution in [0, 0.1) is 13.8 Å². The van der Waals surface area contributed by atoms with Crippen LogP contribution in [0.15, 0.2) is 85.0 Å². The number of hydrogen-bond acceptors (Lipinski definition) is 5. The summed E-state index contributed by atoms with van der Waals surface area (Å²) in [5, 5.41) is 2.10. The van der Waals surface area contributed by atoms with Crippen molar-refractivity contribution in [3.8, 4) is 0 Å². The number of benzene rings is 2. The third-order valence-electron chi connectivity index (χ3n) is 7.06. The number of carbonyl (C=O) groups is 1. The maximum Gasteiger partial charge on any atom is 0.242 e. The molecule has 1 aliphatic heterocycles. The predicted octanol–water partition coefficient (Wildman–Crippen LogP) is 3.64. The first kappa shape index (κ1) is 27.8. The van der Waals surface area contributed by atoms with Gasteiger partial charge in [0, 0.05) is 38.4 Å². The molecule has 38 heavy (non-hydrogen) atoms. The van der Waals surface area contributed by atoms with Crippen LogP contribution in [0.2, 0.25) is 0 Å². The monoisotopic (exact) mass is 534 g/mol. The first-order valence-corrected chi connectivity index (χ1v) is 14.7. The molecule has 2 N–H and O–H groups in total. The fourth-order valence-electron chi connectivity index (χ4n) is 4.81. The van der Waals surface area contributed by atoms with Gasteiger partial charge in [-0.2, -0.15) is 4.72 Å². The quantitative estimate of drug-likeness (QED) is 0.455. The average Bonchev–Trinajstić information content (AvgIpc) is 2.92. The van der Waals surface area contributed by atoms with E-state index in [4.69, 9.17) is 0 Å². The molecule has 1 fully saturated rings. The van der Waals surface area contributed by atoms with Gasteiger partial charge in [0.1, 0.15) is 11.3 Å². The van der Waals surface area contributed by atoms with Gasteiger partial charge in [-0.25, -0.2) is 8.42 Å². The largest absolute Gasteiger partial charge is 0.369 e. The zero-order valence-corrected chi connectivity index (χ0v) is 23.1. The highest BCUT2D eigenvalue weighted by Crippen LogP contribution is 2.23. The maximum atomic E-state index is 13.2. The smallest absolute Gasteiger partial charge is 0.242 e. The molecule has 1 amide bonds. The molecule has 2 aromatic rings. The molecule has 1 aliphatic carbocycles. The second-order valence-corrected chi connectivity index (χ2v) is 11.9. The summed E-state index contributed by atoms with van der Waals surface area (Å²) >= 11 is 0. The van der Waals surface area contributed by atoms with Gasteiger partial charge in [0.25, 0.3) is 0 Å². The number of amides is 1. The number of nitrogens with one attached hydrogen (secondary N) is 2. The van der Waals surface area contributed by atoms with E-state index in [-0.39, 0.29) is 5.91 Å². The van der Waals surface area contributed by atoms with Gasteiger partial charge in [0.15, 0.2) is 0 Å². The zero-order valence-electron chi connectivity index (χ0n) is 22.3. The lowest BCUT2D eigenvalue weighted by atomic mass is 10.1. The van der Waals surface area contributed by atoms with Crippen LogP contribution in [-0.4, -0.2) is 63.7 Å². The molecule has 1 unspecified atom stereocenters. The van der Waals surface area contributed by atoms with Crippen LogP contribution in [-0.2, 0) is 14.8 Å². The van der Waals surface area contributed by atoms with Crippen LogP contribution in [0.25, 0.3) is 0 Å². The number of hydrogen-bond donors (Lipinski definition) is 2. The average molecular weight is 535 g/mol. The normalized spacial score (nSPS) is 17.5. The van der Waals surface area contributed by atoms with E-state index in [0.29, 0.717) is 12.1 Å². The van der Waals surface area contributed by atoms with E-state index in [1.165, 1.54) is 16.8 Å². The number of allylic oxidation sites excluding steroid dienone is 3. The Kier molecular flexibility index (Phi) is 9.20. The van der Waals surface area contributed by atoms with E-state index in [1.807, 2.05) is 6.07 Å². The van der Waals surface area contributed by atoms with Gasteiger partial charge in [0.05, 0.1) is 0 Å². The number of piperazine rings is 1. The number of aryl methyl sites for hydroxylation is 2. The molecular formula is C30H38N4O3S. The summed E-state index contributed by atoms with van der Waals surface area (Å²) in [7, 11) is -3.82. The number of nitrogens with zero attached hydrogens (tertiary/aromatic N) is 2. The lowest BCUT2D eigenvalue weighted by molar-refractivity contribution is -0.122. The number of anilines is 1. The SMILES string of the molecule is C=C1C=CC(S(=O)(=O)NC(C(=O)NCCCN2CCN(c3cc(C)ccc3C)CC2)c2ccccc2)C=C1. The Morgan fingerprint density at radius 1 is 1.03 bits per heavy atom. The molecule has 0 bridgehead atoms. The summed E-state index contributed by atoms with van der Waals surface area (Å²) in [6.07, 6.45) is 7.28. The van der Waals surface area contributed by atoms with Crippen LogP contribution in [0.4, 0.5) is 5.69 Å². The second kappa shape index (κ2) is 12.6. The van der Waals surface area contributed by atoms with Crippen molar-refractivity contribution >= 4 is 21.6 Å². The summed E-state index contributed by atoms with van der Waals surface area (Å²) in [5.41, 5.74) is 5.23. The number of carbonyl (C=O) groups excluding carboxylic acids is 1. The summed E-state index contributed by atoms with van der Waals surface area (Å²) < 4.78 is 28.7. The van der Waals surface area contributed by atoms with Crippen molar-refractivity contribution < 1.29 is 13.2 Å². The first-order valence-electron chi connectivity index (χ1n) is 13.2. The first-order chi connectivity index (χ1) is 18.2. The van der Waals surface area contributed by atoms with Crippen molar-refractivity contribution in [3.05, 3.63) is 102 Å². The standard InChI is InChI=1S/C30H38N4O3S/c1-23-11-14-27(15-12-23)38(36,37)32-29(26-8-5-4-6-9-26)30(35)31-16-7-17-33-18-20-34(21-19-33)28-22-24(2)10-13-25(28)3/h4-6,8-15,22,27,29,32H,1,7,16-21H2,2-3H3,(H,31,35). The van der Waals surface area contributed by atoms with Crippen LogP contribution in [0.5, 0.6) is 0 Å². The Morgan fingerprint density at radius 2 is 1.71 bits per heavy atom. The van der Waals surface area contributed by atoms with E-state index in [0.717, 1.165) is 44.7 Å². The van der Waals surface area contributed by atoms with Gasteiger partial charge >= 0.3 is 0 Å². The lowest BCUT2D eigenvalue weighted by Gasteiger charge is -2.37. The summed E-state index contributed by atoms with van der Waals surface area (Å²) in [5.74, 6) is -0.354. The molecule has 1 heterocycles. The molecule has 0 aromatic heterocycles. The zero-order chi connectivity index (χ0) is 27.1. The van der Waals surface area contributed by atoms with Crippen molar-refractivity contribution in [2.45, 2.75) is 31.6 Å². The molecule has 8 heteroatoms. The van der Waals surface area contributed by atoms with Crippen LogP contribution < -0.4 is 14.9 Å². The number of rotatable bonds is 10. The number of sulfonamides is 1. The van der Waals surface area contributed by atoms with Gasteiger partial charge in [-0.1, -0.05) is 73.3 Å². The van der Waals surface area contributed by atoms with Crippen molar-refractivity contribution in [2.24, 2.45) is 0 Å². The van der Waals surface area contributed by atoms with Gasteiger partial charge in [0.2, 0.25) is 15.9 Å². The van der Waals surface area contributed by atoms with E-state index in [2.05, 4.69) is 58.5 Å². The van der Waals surface area contributed by atoms with Crippen LogP contribution in [0.3, 0.4) is 0 Å². The van der Waals surface area contributed by atoms with Crippen molar-refractivity contribution in [2.75, 3.05) is 44.2 Å². The van der Waals surface area contributed by atoms with Gasteiger partial charge < -0.3 is 10.2 Å². The van der Waals surface area contributed by atoms with E-state index in [1.54, 1.807) is 48.6 Å². The molecule has 7 nitrogen and oxygen atoms in total. The third kappa shape index (κ3) is 7.22. The summed E-state index contributed by atoms with van der Waals surface area (Å²) in [4.78, 5) is 18.0. The minimum atomic E-state index is -3.82. The Balaban J connectivity index is 1.28. The van der Waals surface area contributed by atoms with Crippen LogP contribution in [0.1, 0.15) is 29.2 Å². The van der Waals surface area contributed by atoms with E-state index < -0.39 is 21.3 Å². The maximum absolute atomic E-state index is 13.2. The molecule has 1 atom stereocenters. The minimum absolute atomic E-state index is 0.354. The Labute approximate surface area is 227 Å². The molecule has 0 radical (unpaired) electrons. The Morgan fingerprint density at radius 3 is 2.39 bits per heavy atom. The molecule has 1 saturated heterocycles. The van der Waals surface area contributed by atoms with Gasteiger partial charge in [-0.15, -0.1) is 0 Å². The molecule has 2 aromatic carbocycles. The molecule has 0 saturated carbocycles. The highest BCUT2D eigenvalue weighted by atomic mass is 32.2. The summed E-state index contributed by atoms with van der Waals surface area (Å²) in [6, 6.07) is 14.5. The second-order valence-electron chi connectivity index (χ2n) is 10.0. The fraction of sp³-hybridized carbons (Fsp3) is 0.367. The third-order valence-corrected chi connectivity index (χ3v) is 8.66. The molecule has 202 valence electrons. The summed E-state index contributed by atoms with van der Waals surface area (Å²) in [6.45, 7) is 13.4. The highest BCUT2D eigenvalue weighted by molar-refractivity contribution is 7.90. The van der Waals surface area contributed by atoms with Crippen molar-refractivity contribution in [1.82, 2.24) is 14.9 Å². The van der Waals surface area contributed by atoms with E-state index in [9.17, 15) is 13.2 Å². The molecule has 4 rings (SSSR count). The van der Waals surface area contributed by atoms with E-state index >= 15 is 0 Å². The molecule has 2 aliphatic rings. The predicted molar refractivity (Wildman–Crippen MR) is 155 cm³/mol. The molecule has 0 spiro atoms. The highest BCUT2D eigenvalue weighted by Gasteiger charge is 2.30. The lowest BCUT2D eigenvalue weighted by Crippen LogP contribution is -2.47. The Hall–Kier alpha value is -3.20. The van der Waals surface area contributed by atoms with Crippen LogP contribution >= 0.6 is 0 Å². The van der Waals surface area contributed by atoms with Crippen molar-refractivity contribution in [3.63, 3.8) is 0 Å². The molecular weight excluding hydrogens is 496 g/mol. The van der Waals surface area contributed by atoms with Gasteiger partial charge in [-0.05, 0) is 55.1 Å². The minimum Gasteiger partial charge on any atom is -0.369 e. The van der Waals surface area contributed by atoms with Gasteiger partial charge in [-0.3, -0.25) is 9.69 Å².